The van der Waals surface area contributed by atoms with Crippen molar-refractivity contribution in [1.82, 2.24) is 0 Å². The number of benzene rings is 1. The molecule has 1 nitrogen and oxygen atoms in total. The van der Waals surface area contributed by atoms with E-state index in [0.29, 0.717) is 24.5 Å². The van der Waals surface area contributed by atoms with Gasteiger partial charge in [-0.2, -0.15) is 4.39 Å². The van der Waals surface area contributed by atoms with Crippen LogP contribution in [0.1, 0.15) is 138 Å². The Hall–Kier alpha value is -1.12. The van der Waals surface area contributed by atoms with Gasteiger partial charge in [-0.05, 0) is 80.8 Å². The molecule has 3 rings (SSSR count). The molecule has 35 heavy (non-hydrogen) atoms. The van der Waals surface area contributed by atoms with Gasteiger partial charge in [0.25, 0.3) is 0 Å². The maximum absolute atomic E-state index is 14.3. The second-order valence-electron chi connectivity index (χ2n) is 9.53. The molecule has 2 aliphatic rings. The van der Waals surface area contributed by atoms with Crippen molar-refractivity contribution in [2.45, 2.75) is 139 Å². The normalized spacial score (nSPS) is 23.5. The Balaban J connectivity index is 0.00000179. The van der Waals surface area contributed by atoms with E-state index in [2.05, 4.69) is 6.92 Å². The first kappa shape index (κ1) is 33.9. The molecule has 0 spiro atoms. The molecule has 0 atom stereocenters. The minimum Gasteiger partial charge on any atom is -0.491 e. The molecule has 0 aliphatic heterocycles. The van der Waals surface area contributed by atoms with Gasteiger partial charge in [0.15, 0.2) is 11.6 Å². The molecule has 2 saturated carbocycles. The SMILES string of the molecule is CC.CC.CC.CCCCC1CCC(C2CCC(CCc3ccc(OCC)c(F)c3F)CC2)CC1. The lowest BCUT2D eigenvalue weighted by molar-refractivity contribution is 0.140. The van der Waals surface area contributed by atoms with Crippen LogP contribution in [0.5, 0.6) is 5.75 Å². The first-order chi connectivity index (χ1) is 17.1. The molecule has 0 unspecified atom stereocenters. The smallest absolute Gasteiger partial charge is 0.200 e. The van der Waals surface area contributed by atoms with Crippen LogP contribution >= 0.6 is 0 Å². The fourth-order valence-electron chi connectivity index (χ4n) is 5.78. The quantitative estimate of drug-likeness (QED) is 0.330. The fraction of sp³-hybridized carbons (Fsp3) is 0.812. The second-order valence-corrected chi connectivity index (χ2v) is 9.53. The van der Waals surface area contributed by atoms with Crippen molar-refractivity contribution in [3.63, 3.8) is 0 Å². The highest BCUT2D eigenvalue weighted by atomic mass is 19.2. The van der Waals surface area contributed by atoms with E-state index < -0.39 is 11.6 Å². The zero-order valence-electron chi connectivity index (χ0n) is 24.5. The Morgan fingerprint density at radius 3 is 1.63 bits per heavy atom. The van der Waals surface area contributed by atoms with Crippen LogP contribution < -0.4 is 4.74 Å². The highest BCUT2D eigenvalue weighted by Gasteiger charge is 2.30. The Bertz CT molecular complexity index is 614. The molecule has 0 amide bonds. The van der Waals surface area contributed by atoms with Gasteiger partial charge in [-0.3, -0.25) is 0 Å². The van der Waals surface area contributed by atoms with E-state index >= 15 is 0 Å². The van der Waals surface area contributed by atoms with Gasteiger partial charge in [-0.25, -0.2) is 4.39 Å². The van der Waals surface area contributed by atoms with Crippen molar-refractivity contribution in [2.24, 2.45) is 23.7 Å². The molecule has 0 N–H and O–H groups in total. The third kappa shape index (κ3) is 11.6. The van der Waals surface area contributed by atoms with Crippen LogP contribution in [0.4, 0.5) is 8.78 Å². The van der Waals surface area contributed by atoms with E-state index in [-0.39, 0.29) is 5.75 Å². The van der Waals surface area contributed by atoms with Gasteiger partial charge in [-0.15, -0.1) is 0 Å². The van der Waals surface area contributed by atoms with Crippen molar-refractivity contribution >= 4 is 0 Å². The lowest BCUT2D eigenvalue weighted by Crippen LogP contribution is -2.26. The Kier molecular flexibility index (Phi) is 20.3. The third-order valence-electron chi connectivity index (χ3n) is 7.66. The molecule has 0 saturated heterocycles. The standard InChI is InChI=1S/C26H40F2O.3C2H6/c1-3-5-6-19-7-12-21(13-8-19)22-14-9-20(10-15-22)11-16-23-17-18-24(29-4-2)26(28)25(23)27;3*1-2/h17-22H,3-16H2,1-2H3;3*1-2H3. The number of unbranched alkanes of at least 4 members (excludes halogenated alkanes) is 1. The summed E-state index contributed by atoms with van der Waals surface area (Å²) in [5.41, 5.74) is 0.499. The highest BCUT2D eigenvalue weighted by Crippen LogP contribution is 2.43. The van der Waals surface area contributed by atoms with Crippen molar-refractivity contribution < 1.29 is 13.5 Å². The maximum Gasteiger partial charge on any atom is 0.200 e. The van der Waals surface area contributed by atoms with Crippen LogP contribution in [0, 0.1) is 35.3 Å². The van der Waals surface area contributed by atoms with Crippen LogP contribution in [-0.4, -0.2) is 6.61 Å². The summed E-state index contributed by atoms with van der Waals surface area (Å²) in [4.78, 5) is 0. The zero-order chi connectivity index (χ0) is 26.6. The first-order valence-electron chi connectivity index (χ1n) is 15.2. The first-order valence-corrected chi connectivity index (χ1v) is 15.2. The summed E-state index contributed by atoms with van der Waals surface area (Å²) in [5, 5.41) is 0. The van der Waals surface area contributed by atoms with Gasteiger partial charge < -0.3 is 4.74 Å². The van der Waals surface area contributed by atoms with Gasteiger partial charge in [0.1, 0.15) is 0 Å². The number of hydrogen-bond acceptors (Lipinski definition) is 1. The van der Waals surface area contributed by atoms with E-state index in [0.717, 1.165) is 24.2 Å². The lowest BCUT2D eigenvalue weighted by Gasteiger charge is -2.38. The summed E-state index contributed by atoms with van der Waals surface area (Å²) in [6.07, 6.45) is 16.8. The van der Waals surface area contributed by atoms with Crippen LogP contribution in [-0.2, 0) is 6.42 Å². The van der Waals surface area contributed by atoms with Crippen LogP contribution in [0.25, 0.3) is 0 Å². The molecule has 1 aromatic rings. The van der Waals surface area contributed by atoms with E-state index in [1.807, 2.05) is 41.5 Å². The monoisotopic (exact) mass is 496 g/mol. The largest absolute Gasteiger partial charge is 0.491 e. The Labute approximate surface area is 217 Å². The molecule has 2 fully saturated rings. The van der Waals surface area contributed by atoms with Crippen LogP contribution in [0.3, 0.4) is 0 Å². The molecule has 0 bridgehead atoms. The maximum atomic E-state index is 14.3. The lowest BCUT2D eigenvalue weighted by atomic mass is 9.68. The van der Waals surface area contributed by atoms with E-state index in [9.17, 15) is 8.78 Å². The number of aryl methyl sites for hydroxylation is 1. The third-order valence-corrected chi connectivity index (χ3v) is 7.66. The Morgan fingerprint density at radius 1 is 0.686 bits per heavy atom. The number of hydrogen-bond donors (Lipinski definition) is 0. The van der Waals surface area contributed by atoms with Gasteiger partial charge in [0, 0.05) is 0 Å². The molecular weight excluding hydrogens is 438 g/mol. The van der Waals surface area contributed by atoms with E-state index in [4.69, 9.17) is 4.74 Å². The number of rotatable bonds is 9. The minimum absolute atomic E-state index is 0.0265. The fourth-order valence-corrected chi connectivity index (χ4v) is 5.78. The summed E-state index contributed by atoms with van der Waals surface area (Å²) < 4.78 is 33.5. The van der Waals surface area contributed by atoms with Crippen molar-refractivity contribution in [2.75, 3.05) is 6.61 Å². The molecule has 0 radical (unpaired) electrons. The van der Waals surface area contributed by atoms with Crippen molar-refractivity contribution in [3.8, 4) is 5.75 Å². The predicted octanol–water partition coefficient (Wildman–Crippen LogP) is 11.2. The average molecular weight is 497 g/mol. The summed E-state index contributed by atoms with van der Waals surface area (Å²) in [5.74, 6) is 2.00. The second kappa shape index (κ2) is 21.0. The minimum atomic E-state index is -0.831. The molecule has 1 aromatic carbocycles. The average Bonchev–Trinajstić information content (AvgIpc) is 2.94. The van der Waals surface area contributed by atoms with Gasteiger partial charge >= 0.3 is 0 Å². The van der Waals surface area contributed by atoms with E-state index in [1.165, 1.54) is 70.6 Å². The molecule has 3 heteroatoms. The van der Waals surface area contributed by atoms with E-state index in [1.54, 1.807) is 19.1 Å². The summed E-state index contributed by atoms with van der Waals surface area (Å²) >= 11 is 0. The molecule has 0 aromatic heterocycles. The summed E-state index contributed by atoms with van der Waals surface area (Å²) in [6, 6.07) is 3.27. The predicted molar refractivity (Wildman–Crippen MR) is 150 cm³/mol. The molecule has 0 heterocycles. The molecule has 2 aliphatic carbocycles. The van der Waals surface area contributed by atoms with Gasteiger partial charge in [0.2, 0.25) is 5.82 Å². The molecule has 206 valence electrons. The van der Waals surface area contributed by atoms with Crippen molar-refractivity contribution in [1.29, 1.82) is 0 Å². The van der Waals surface area contributed by atoms with Crippen molar-refractivity contribution in [3.05, 3.63) is 29.3 Å². The summed E-state index contributed by atoms with van der Waals surface area (Å²) in [7, 11) is 0. The van der Waals surface area contributed by atoms with Crippen LogP contribution in [0.2, 0.25) is 0 Å². The number of ether oxygens (including phenoxy) is 1. The molecular formula is C32H58F2O. The van der Waals surface area contributed by atoms with Gasteiger partial charge in [0.05, 0.1) is 6.61 Å². The Morgan fingerprint density at radius 2 is 1.17 bits per heavy atom. The zero-order valence-corrected chi connectivity index (χ0v) is 24.5. The number of halogens is 2. The highest BCUT2D eigenvalue weighted by molar-refractivity contribution is 5.31. The topological polar surface area (TPSA) is 9.23 Å². The van der Waals surface area contributed by atoms with Crippen LogP contribution in [0.15, 0.2) is 12.1 Å². The van der Waals surface area contributed by atoms with Gasteiger partial charge in [-0.1, -0.05) is 99.5 Å². The summed E-state index contributed by atoms with van der Waals surface area (Å²) in [6.45, 7) is 16.4.